The summed E-state index contributed by atoms with van der Waals surface area (Å²) in [7, 11) is 1.71. The lowest BCUT2D eigenvalue weighted by Gasteiger charge is -2.17. The maximum atomic E-state index is 12.0. The van der Waals surface area contributed by atoms with Crippen LogP contribution in [0.1, 0.15) is 6.92 Å². The zero-order valence-electron chi connectivity index (χ0n) is 11.7. The summed E-state index contributed by atoms with van der Waals surface area (Å²) in [6, 6.07) is 8.34. The summed E-state index contributed by atoms with van der Waals surface area (Å²) in [5.41, 5.74) is 1.23. The van der Waals surface area contributed by atoms with E-state index in [1.54, 1.807) is 18.8 Å². The van der Waals surface area contributed by atoms with Crippen LogP contribution in [-0.4, -0.2) is 28.7 Å². The first-order chi connectivity index (χ1) is 10.1. The molecule has 0 atom stereocenters. The average Bonchev–Trinajstić information content (AvgIpc) is 2.97. The van der Waals surface area contributed by atoms with Gasteiger partial charge in [-0.05, 0) is 31.2 Å². The minimum Gasteiger partial charge on any atom is -0.335 e. The van der Waals surface area contributed by atoms with Crippen LogP contribution < -0.4 is 4.90 Å². The van der Waals surface area contributed by atoms with Crippen molar-refractivity contribution in [2.75, 3.05) is 18.5 Å². The van der Waals surface area contributed by atoms with E-state index >= 15 is 0 Å². The van der Waals surface area contributed by atoms with Gasteiger partial charge >= 0.3 is 0 Å². The van der Waals surface area contributed by atoms with Crippen LogP contribution in [-0.2, 0) is 4.79 Å². The summed E-state index contributed by atoms with van der Waals surface area (Å²) < 4.78 is 0.611. The van der Waals surface area contributed by atoms with Gasteiger partial charge in [0.05, 0.1) is 15.6 Å². The fraction of sp³-hybridized carbons (Fsp3) is 0.200. The van der Waals surface area contributed by atoms with Crippen molar-refractivity contribution in [3.8, 4) is 0 Å². The smallest absolute Gasteiger partial charge is 0.265 e. The van der Waals surface area contributed by atoms with Crippen LogP contribution >= 0.6 is 35.7 Å². The molecule has 0 saturated carbocycles. The van der Waals surface area contributed by atoms with Gasteiger partial charge in [-0.25, -0.2) is 0 Å². The summed E-state index contributed by atoms with van der Waals surface area (Å²) in [6.45, 7) is 3.03. The molecular weight excluding hydrogens is 320 g/mol. The summed E-state index contributed by atoms with van der Waals surface area (Å²) in [5.74, 6) is -0.0228. The number of rotatable bonds is 2. The molecule has 1 amide bonds. The van der Waals surface area contributed by atoms with E-state index in [9.17, 15) is 4.79 Å². The first-order valence-corrected chi connectivity index (χ1v) is 8.62. The third kappa shape index (κ3) is 2.63. The molecule has 21 heavy (non-hydrogen) atoms. The Balaban J connectivity index is 1.89. The molecule has 108 valence electrons. The average molecular weight is 334 g/mol. The molecule has 1 aromatic carbocycles. The lowest BCUT2D eigenvalue weighted by molar-refractivity contribution is -0.121. The summed E-state index contributed by atoms with van der Waals surface area (Å²) >= 11 is 8.22. The maximum Gasteiger partial charge on any atom is 0.265 e. The molecule has 1 saturated heterocycles. The third-order valence-electron chi connectivity index (χ3n) is 3.32. The van der Waals surface area contributed by atoms with E-state index < -0.39 is 0 Å². The minimum atomic E-state index is -0.0228. The number of carbonyl (C=O) groups is 1. The number of anilines is 1. The minimum absolute atomic E-state index is 0.0228. The number of thioether (sulfide) groups is 2. The van der Waals surface area contributed by atoms with Crippen LogP contribution in [0.4, 0.5) is 5.69 Å². The second kappa shape index (κ2) is 5.87. The topological polar surface area (TPSA) is 23.6 Å². The highest BCUT2D eigenvalue weighted by Crippen LogP contribution is 2.45. The number of benzene rings is 1. The number of carbonyl (C=O) groups excluding carboxylic acids is 1. The molecule has 0 aromatic heterocycles. The van der Waals surface area contributed by atoms with E-state index in [-0.39, 0.29) is 5.91 Å². The molecule has 0 N–H and O–H groups in total. The van der Waals surface area contributed by atoms with Crippen LogP contribution in [0.3, 0.4) is 0 Å². The molecule has 3 rings (SSSR count). The highest BCUT2D eigenvalue weighted by atomic mass is 32.2. The Labute approximate surface area is 138 Å². The molecule has 2 aliphatic heterocycles. The number of allylic oxidation sites excluding steroid dienone is 2. The quantitative estimate of drug-likeness (QED) is 0.604. The molecule has 2 aliphatic rings. The Morgan fingerprint density at radius 3 is 2.67 bits per heavy atom. The molecule has 0 unspecified atom stereocenters. The lowest BCUT2D eigenvalue weighted by atomic mass is 10.3. The second-order valence-electron chi connectivity index (χ2n) is 4.58. The zero-order chi connectivity index (χ0) is 15.0. The van der Waals surface area contributed by atoms with E-state index in [0.717, 1.165) is 11.6 Å². The fourth-order valence-electron chi connectivity index (χ4n) is 2.21. The largest absolute Gasteiger partial charge is 0.335 e. The monoisotopic (exact) mass is 334 g/mol. The molecule has 1 fully saturated rings. The van der Waals surface area contributed by atoms with Crippen molar-refractivity contribution >= 4 is 51.7 Å². The van der Waals surface area contributed by atoms with Gasteiger partial charge in [-0.1, -0.05) is 47.9 Å². The molecule has 0 spiro atoms. The van der Waals surface area contributed by atoms with Gasteiger partial charge in [0.25, 0.3) is 5.91 Å². The van der Waals surface area contributed by atoms with Crippen molar-refractivity contribution in [1.29, 1.82) is 0 Å². The second-order valence-corrected chi connectivity index (χ2v) is 7.32. The van der Waals surface area contributed by atoms with Crippen molar-refractivity contribution in [3.05, 3.63) is 46.4 Å². The molecular formula is C15H14N2OS3. The van der Waals surface area contributed by atoms with Gasteiger partial charge in [-0.15, -0.1) is 0 Å². The van der Waals surface area contributed by atoms with E-state index in [4.69, 9.17) is 12.2 Å². The van der Waals surface area contributed by atoms with Gasteiger partial charge in [0, 0.05) is 18.5 Å². The Bertz CT molecular complexity index is 681. The Morgan fingerprint density at radius 1 is 1.24 bits per heavy atom. The van der Waals surface area contributed by atoms with Crippen molar-refractivity contribution in [2.24, 2.45) is 0 Å². The zero-order valence-corrected chi connectivity index (χ0v) is 14.1. The summed E-state index contributed by atoms with van der Waals surface area (Å²) in [5, 5.41) is 1.14. The number of likely N-dealkylation sites (N-methyl/N-ethyl adjacent to an activating group) is 1. The Kier molecular flexibility index (Phi) is 4.10. The highest BCUT2D eigenvalue weighted by molar-refractivity contribution is 8.26. The van der Waals surface area contributed by atoms with Gasteiger partial charge in [-0.3, -0.25) is 9.69 Å². The molecule has 2 heterocycles. The van der Waals surface area contributed by atoms with Gasteiger partial charge in [0.15, 0.2) is 0 Å². The van der Waals surface area contributed by atoms with Crippen LogP contribution in [0.2, 0.25) is 0 Å². The van der Waals surface area contributed by atoms with Gasteiger partial charge < -0.3 is 4.90 Å². The SMILES string of the molecule is CCN1C(=CC=C2SC(=S)N(C)C2=O)Sc2ccccc21. The van der Waals surface area contributed by atoms with Crippen molar-refractivity contribution in [1.82, 2.24) is 4.90 Å². The van der Waals surface area contributed by atoms with Crippen LogP contribution in [0.25, 0.3) is 0 Å². The molecule has 0 aliphatic carbocycles. The molecule has 6 heteroatoms. The molecule has 0 bridgehead atoms. The number of fused-ring (bicyclic) bond motifs is 1. The van der Waals surface area contributed by atoms with Crippen LogP contribution in [0.5, 0.6) is 0 Å². The maximum absolute atomic E-state index is 12.0. The van der Waals surface area contributed by atoms with Crippen LogP contribution in [0.15, 0.2) is 51.2 Å². The van der Waals surface area contributed by atoms with Gasteiger partial charge in [-0.2, -0.15) is 0 Å². The predicted molar refractivity (Wildman–Crippen MR) is 94.4 cm³/mol. The van der Waals surface area contributed by atoms with Crippen molar-refractivity contribution < 1.29 is 4.79 Å². The van der Waals surface area contributed by atoms with E-state index in [1.807, 2.05) is 24.3 Å². The number of para-hydroxylation sites is 1. The van der Waals surface area contributed by atoms with Crippen molar-refractivity contribution in [2.45, 2.75) is 11.8 Å². The van der Waals surface area contributed by atoms with E-state index in [0.29, 0.717) is 9.23 Å². The number of thiocarbonyl (C=S) groups is 1. The first kappa shape index (κ1) is 14.7. The summed E-state index contributed by atoms with van der Waals surface area (Å²) in [6.07, 6.45) is 3.88. The number of nitrogens with zero attached hydrogens (tertiary/aromatic N) is 2. The third-order valence-corrected chi connectivity index (χ3v) is 5.95. The van der Waals surface area contributed by atoms with Crippen molar-refractivity contribution in [3.63, 3.8) is 0 Å². The first-order valence-electron chi connectivity index (χ1n) is 6.58. The Morgan fingerprint density at radius 2 is 2.00 bits per heavy atom. The Hall–Kier alpha value is -1.24. The molecule has 0 radical (unpaired) electrons. The normalized spacial score (nSPS) is 21.8. The standard InChI is InChI=1S/C15H14N2OS3/c1-3-17-10-6-4-5-7-11(10)20-13(17)9-8-12-14(18)16(2)15(19)21-12/h4-9H,3H2,1-2H3. The highest BCUT2D eigenvalue weighted by Gasteiger charge is 2.29. The van der Waals surface area contributed by atoms with Gasteiger partial charge in [0.1, 0.15) is 4.32 Å². The number of hydrogen-bond acceptors (Lipinski definition) is 5. The van der Waals surface area contributed by atoms with E-state index in [1.165, 1.54) is 27.2 Å². The lowest BCUT2D eigenvalue weighted by Crippen LogP contribution is -2.22. The predicted octanol–water partition coefficient (Wildman–Crippen LogP) is 3.83. The molecule has 3 nitrogen and oxygen atoms in total. The van der Waals surface area contributed by atoms with Gasteiger partial charge in [0.2, 0.25) is 0 Å². The molecule has 1 aromatic rings. The number of hydrogen-bond donors (Lipinski definition) is 0. The summed E-state index contributed by atoms with van der Waals surface area (Å²) in [4.78, 5) is 17.7. The van der Waals surface area contributed by atoms with Crippen LogP contribution in [0, 0.1) is 0 Å². The number of amides is 1. The van der Waals surface area contributed by atoms with E-state index in [2.05, 4.69) is 24.0 Å². The fourth-order valence-corrected chi connectivity index (χ4v) is 4.46.